The molecule has 0 amide bonds. The maximum Gasteiger partial charge on any atom is 0.270 e. The largest absolute Gasteiger partial charge is 0.270 e. The fourth-order valence-corrected chi connectivity index (χ4v) is 1.50. The molecule has 0 saturated heterocycles. The highest BCUT2D eigenvalue weighted by molar-refractivity contribution is 6.31. The standard InChI is InChI=1S/C9H9ClFNO2/c1-9(2,11)7-4-3-6(12(13)14)5-8(7)10/h3-5H,1-2H3. The van der Waals surface area contributed by atoms with Crippen LogP contribution in [0, 0.1) is 10.1 Å². The molecular weight excluding hydrogens is 209 g/mol. The van der Waals surface area contributed by atoms with E-state index in [1.165, 1.54) is 26.0 Å². The summed E-state index contributed by atoms with van der Waals surface area (Å²) in [5.41, 5.74) is -1.47. The lowest BCUT2D eigenvalue weighted by atomic mass is 10.00. The van der Waals surface area contributed by atoms with E-state index in [0.717, 1.165) is 6.07 Å². The predicted octanol–water partition coefficient (Wildman–Crippen LogP) is 3.45. The number of nitro groups is 1. The Hall–Kier alpha value is -1.16. The highest BCUT2D eigenvalue weighted by Gasteiger charge is 2.23. The van der Waals surface area contributed by atoms with Crippen LogP contribution in [0.15, 0.2) is 18.2 Å². The average molecular weight is 218 g/mol. The first kappa shape index (κ1) is 10.9. The minimum atomic E-state index is -1.59. The van der Waals surface area contributed by atoms with Crippen LogP contribution in [-0.2, 0) is 5.67 Å². The van der Waals surface area contributed by atoms with Gasteiger partial charge in [-0.15, -0.1) is 0 Å². The second kappa shape index (κ2) is 3.53. The lowest BCUT2D eigenvalue weighted by molar-refractivity contribution is -0.384. The van der Waals surface area contributed by atoms with E-state index >= 15 is 0 Å². The van der Waals surface area contributed by atoms with E-state index < -0.39 is 10.6 Å². The second-order valence-corrected chi connectivity index (χ2v) is 3.80. The Kier molecular flexibility index (Phi) is 2.76. The van der Waals surface area contributed by atoms with Gasteiger partial charge in [-0.2, -0.15) is 0 Å². The number of non-ortho nitro benzene ring substituents is 1. The third-order valence-corrected chi connectivity index (χ3v) is 2.12. The molecule has 0 N–H and O–H groups in total. The molecule has 1 aromatic carbocycles. The van der Waals surface area contributed by atoms with Crippen molar-refractivity contribution in [3.63, 3.8) is 0 Å². The number of benzene rings is 1. The summed E-state index contributed by atoms with van der Waals surface area (Å²) >= 11 is 5.71. The zero-order valence-electron chi connectivity index (χ0n) is 7.75. The van der Waals surface area contributed by atoms with E-state index in [2.05, 4.69) is 0 Å². The maximum atomic E-state index is 13.5. The Morgan fingerprint density at radius 3 is 2.43 bits per heavy atom. The normalized spacial score (nSPS) is 11.4. The molecule has 0 aliphatic carbocycles. The van der Waals surface area contributed by atoms with E-state index in [0.29, 0.717) is 0 Å². The fraction of sp³-hybridized carbons (Fsp3) is 0.333. The van der Waals surface area contributed by atoms with Crippen molar-refractivity contribution in [2.45, 2.75) is 19.5 Å². The third-order valence-electron chi connectivity index (χ3n) is 1.80. The van der Waals surface area contributed by atoms with Crippen LogP contribution in [0.2, 0.25) is 5.02 Å². The molecule has 3 nitrogen and oxygen atoms in total. The van der Waals surface area contributed by atoms with E-state index in [1.807, 2.05) is 0 Å². The van der Waals surface area contributed by atoms with Gasteiger partial charge in [-0.05, 0) is 19.9 Å². The molecule has 5 heteroatoms. The summed E-state index contributed by atoms with van der Waals surface area (Å²) in [6, 6.07) is 3.72. The molecule has 0 spiro atoms. The zero-order chi connectivity index (χ0) is 10.9. The Morgan fingerprint density at radius 2 is 2.07 bits per heavy atom. The average Bonchev–Trinajstić information content (AvgIpc) is 2.01. The van der Waals surface area contributed by atoms with Crippen LogP contribution in [0.1, 0.15) is 19.4 Å². The van der Waals surface area contributed by atoms with Gasteiger partial charge in [0.05, 0.1) is 9.95 Å². The molecule has 0 unspecified atom stereocenters. The number of alkyl halides is 1. The highest BCUT2D eigenvalue weighted by atomic mass is 35.5. The maximum absolute atomic E-state index is 13.5. The van der Waals surface area contributed by atoms with Crippen molar-refractivity contribution in [1.29, 1.82) is 0 Å². The van der Waals surface area contributed by atoms with Gasteiger partial charge in [-0.3, -0.25) is 10.1 Å². The van der Waals surface area contributed by atoms with E-state index in [-0.39, 0.29) is 16.3 Å². The van der Waals surface area contributed by atoms with Crippen molar-refractivity contribution >= 4 is 17.3 Å². The van der Waals surface area contributed by atoms with Gasteiger partial charge in [0.25, 0.3) is 5.69 Å². The van der Waals surface area contributed by atoms with Crippen LogP contribution in [0.4, 0.5) is 10.1 Å². The van der Waals surface area contributed by atoms with Crippen LogP contribution in [0.3, 0.4) is 0 Å². The van der Waals surface area contributed by atoms with Crippen LogP contribution in [-0.4, -0.2) is 4.92 Å². The molecule has 0 aliphatic rings. The Balaban J connectivity index is 3.21. The van der Waals surface area contributed by atoms with Crippen molar-refractivity contribution in [3.8, 4) is 0 Å². The molecule has 14 heavy (non-hydrogen) atoms. The number of nitrogens with zero attached hydrogens (tertiary/aromatic N) is 1. The summed E-state index contributed by atoms with van der Waals surface area (Å²) in [5.74, 6) is 0. The summed E-state index contributed by atoms with van der Waals surface area (Å²) < 4.78 is 13.5. The number of rotatable bonds is 2. The molecule has 0 aromatic heterocycles. The first-order valence-electron chi connectivity index (χ1n) is 3.95. The minimum absolute atomic E-state index is 0.0756. The second-order valence-electron chi connectivity index (χ2n) is 3.39. The van der Waals surface area contributed by atoms with Crippen LogP contribution >= 0.6 is 11.6 Å². The molecule has 0 bridgehead atoms. The fourth-order valence-electron chi connectivity index (χ4n) is 1.10. The summed E-state index contributed by atoms with van der Waals surface area (Å²) in [7, 11) is 0. The van der Waals surface area contributed by atoms with Gasteiger partial charge in [-0.25, -0.2) is 4.39 Å². The van der Waals surface area contributed by atoms with Crippen molar-refractivity contribution in [2.24, 2.45) is 0 Å². The smallest absolute Gasteiger partial charge is 0.258 e. The van der Waals surface area contributed by atoms with Gasteiger partial charge in [0.1, 0.15) is 5.67 Å². The molecule has 0 heterocycles. The summed E-state index contributed by atoms with van der Waals surface area (Å²) in [5, 5.41) is 10.4. The lowest BCUT2D eigenvalue weighted by Crippen LogP contribution is -2.09. The first-order valence-corrected chi connectivity index (χ1v) is 4.33. The van der Waals surface area contributed by atoms with Crippen molar-refractivity contribution in [2.75, 3.05) is 0 Å². The van der Waals surface area contributed by atoms with E-state index in [1.54, 1.807) is 0 Å². The van der Waals surface area contributed by atoms with Crippen LogP contribution in [0.5, 0.6) is 0 Å². The molecular formula is C9H9ClFNO2. The van der Waals surface area contributed by atoms with Gasteiger partial charge in [0, 0.05) is 17.7 Å². The summed E-state index contributed by atoms with van der Waals surface area (Å²) in [4.78, 5) is 9.80. The predicted molar refractivity (Wildman–Crippen MR) is 52.2 cm³/mol. The highest BCUT2D eigenvalue weighted by Crippen LogP contribution is 2.33. The van der Waals surface area contributed by atoms with Crippen LogP contribution < -0.4 is 0 Å². The van der Waals surface area contributed by atoms with Gasteiger partial charge < -0.3 is 0 Å². The van der Waals surface area contributed by atoms with Crippen molar-refractivity contribution in [3.05, 3.63) is 38.9 Å². The molecule has 76 valence electrons. The molecule has 1 rings (SSSR count). The van der Waals surface area contributed by atoms with Gasteiger partial charge in [0.2, 0.25) is 0 Å². The van der Waals surface area contributed by atoms with E-state index in [4.69, 9.17) is 11.6 Å². The van der Waals surface area contributed by atoms with Gasteiger partial charge >= 0.3 is 0 Å². The van der Waals surface area contributed by atoms with E-state index in [9.17, 15) is 14.5 Å². The molecule has 0 aliphatic heterocycles. The number of hydrogen-bond donors (Lipinski definition) is 0. The lowest BCUT2D eigenvalue weighted by Gasteiger charge is -2.15. The Morgan fingerprint density at radius 1 is 1.50 bits per heavy atom. The zero-order valence-corrected chi connectivity index (χ0v) is 8.51. The quantitative estimate of drug-likeness (QED) is 0.563. The molecule has 1 aromatic rings. The summed E-state index contributed by atoms with van der Waals surface area (Å²) in [6.45, 7) is 2.69. The monoisotopic (exact) mass is 217 g/mol. The molecule has 0 radical (unpaired) electrons. The Bertz CT molecular complexity index is 374. The summed E-state index contributed by atoms with van der Waals surface area (Å²) in [6.07, 6.45) is 0. The molecule has 0 fully saturated rings. The van der Waals surface area contributed by atoms with Crippen molar-refractivity contribution in [1.82, 2.24) is 0 Å². The molecule has 0 saturated carbocycles. The van der Waals surface area contributed by atoms with Gasteiger partial charge in [0.15, 0.2) is 0 Å². The SMILES string of the molecule is CC(C)(F)c1ccc([N+](=O)[O-])cc1Cl. The van der Waals surface area contributed by atoms with Crippen LogP contribution in [0.25, 0.3) is 0 Å². The van der Waals surface area contributed by atoms with Crippen molar-refractivity contribution < 1.29 is 9.31 Å². The number of hydrogen-bond acceptors (Lipinski definition) is 2. The third kappa shape index (κ3) is 2.20. The first-order chi connectivity index (χ1) is 6.32. The van der Waals surface area contributed by atoms with Gasteiger partial charge in [-0.1, -0.05) is 11.6 Å². The number of nitro benzene ring substituents is 1. The topological polar surface area (TPSA) is 43.1 Å². The Labute approximate surface area is 85.6 Å². The number of halogens is 2. The molecule has 0 atom stereocenters. The minimum Gasteiger partial charge on any atom is -0.258 e.